The van der Waals surface area contributed by atoms with Crippen molar-refractivity contribution in [3.8, 4) is 11.5 Å². The van der Waals surface area contributed by atoms with Crippen molar-refractivity contribution in [1.29, 1.82) is 0 Å². The van der Waals surface area contributed by atoms with Crippen LogP contribution < -0.4 is 14.4 Å². The molecule has 4 rings (SSSR count). The first kappa shape index (κ1) is 29.8. The number of ether oxygens (including phenoxy) is 2. The van der Waals surface area contributed by atoms with Crippen LogP contribution in [0.15, 0.2) is 36.4 Å². The van der Waals surface area contributed by atoms with Gasteiger partial charge < -0.3 is 29.5 Å². The minimum absolute atomic E-state index is 0.152. The van der Waals surface area contributed by atoms with Gasteiger partial charge in [0.2, 0.25) is 5.91 Å². The quantitative estimate of drug-likeness (QED) is 0.532. The van der Waals surface area contributed by atoms with Crippen molar-refractivity contribution >= 4 is 23.5 Å². The van der Waals surface area contributed by atoms with E-state index in [1.54, 1.807) is 14.2 Å². The highest BCUT2D eigenvalue weighted by atomic mass is 16.5. The van der Waals surface area contributed by atoms with Crippen molar-refractivity contribution in [2.24, 2.45) is 5.92 Å². The van der Waals surface area contributed by atoms with Gasteiger partial charge in [-0.05, 0) is 74.7 Å². The number of carboxylic acid groups (broad SMARTS) is 2. The topological polar surface area (TPSA) is 120 Å². The zero-order valence-electron chi connectivity index (χ0n) is 23.2. The van der Waals surface area contributed by atoms with E-state index in [0.29, 0.717) is 5.91 Å². The van der Waals surface area contributed by atoms with Crippen LogP contribution in [0, 0.1) is 19.8 Å². The van der Waals surface area contributed by atoms with Crippen LogP contribution >= 0.6 is 0 Å². The second kappa shape index (κ2) is 13.8. The highest BCUT2D eigenvalue weighted by Gasteiger charge is 2.30. The molecule has 0 aliphatic carbocycles. The lowest BCUT2D eigenvalue weighted by molar-refractivity contribution is -0.159. The lowest BCUT2D eigenvalue weighted by atomic mass is 9.94. The molecule has 10 nitrogen and oxygen atoms in total. The summed E-state index contributed by atoms with van der Waals surface area (Å²) in [7, 11) is 3.32. The number of methoxy groups -OCH3 is 2. The van der Waals surface area contributed by atoms with E-state index in [0.717, 1.165) is 70.2 Å². The molecular weight excluding hydrogens is 502 g/mol. The molecule has 0 aromatic heterocycles. The number of rotatable bonds is 6. The summed E-state index contributed by atoms with van der Waals surface area (Å²) >= 11 is 0. The molecule has 10 heteroatoms. The molecule has 2 aromatic carbocycles. The lowest BCUT2D eigenvalue weighted by Gasteiger charge is -2.40. The zero-order chi connectivity index (χ0) is 28.5. The normalized spacial score (nSPS) is 16.2. The fourth-order valence-corrected chi connectivity index (χ4v) is 5.08. The van der Waals surface area contributed by atoms with Gasteiger partial charge in [-0.1, -0.05) is 18.2 Å². The number of hydrogen-bond donors (Lipinski definition) is 2. The highest BCUT2D eigenvalue weighted by molar-refractivity contribution is 6.27. The van der Waals surface area contributed by atoms with E-state index < -0.39 is 11.9 Å². The van der Waals surface area contributed by atoms with Crippen molar-refractivity contribution in [3.63, 3.8) is 0 Å². The molecule has 2 aliphatic rings. The Morgan fingerprint density at radius 2 is 1.46 bits per heavy atom. The minimum atomic E-state index is -1.82. The standard InChI is InChI=1S/C27H37N3O3.C2H2O4/c1-20-6-5-7-24(21(20)2)29-14-16-30(17-15-29)27(31)23-10-12-28(13-11-23)19-22-8-9-25(32-3)26(18-22)33-4;3-1(4)2(5)6/h5-9,18,23H,10-17,19H2,1-4H3;(H,3,4)(H,5,6). The lowest BCUT2D eigenvalue weighted by Crippen LogP contribution is -2.51. The van der Waals surface area contributed by atoms with Gasteiger partial charge in [-0.25, -0.2) is 9.59 Å². The van der Waals surface area contributed by atoms with E-state index in [1.807, 2.05) is 12.1 Å². The molecule has 0 radical (unpaired) electrons. The van der Waals surface area contributed by atoms with E-state index in [2.05, 4.69) is 52.8 Å². The fourth-order valence-electron chi connectivity index (χ4n) is 5.08. The minimum Gasteiger partial charge on any atom is -0.493 e. The summed E-state index contributed by atoms with van der Waals surface area (Å²) in [6, 6.07) is 12.6. The SMILES string of the molecule is COc1ccc(CN2CCC(C(=O)N3CCN(c4cccc(C)c4C)CC3)CC2)cc1OC.O=C(O)C(=O)O. The molecule has 2 aliphatic heterocycles. The summed E-state index contributed by atoms with van der Waals surface area (Å²) in [5.41, 5.74) is 5.19. The molecule has 0 atom stereocenters. The van der Waals surface area contributed by atoms with Crippen molar-refractivity contribution in [2.45, 2.75) is 33.2 Å². The molecular formula is C29H39N3O7. The molecule has 2 N–H and O–H groups in total. The third-order valence-electron chi connectivity index (χ3n) is 7.48. The summed E-state index contributed by atoms with van der Waals surface area (Å²) in [6.07, 6.45) is 1.87. The Balaban J connectivity index is 0.000000631. The highest BCUT2D eigenvalue weighted by Crippen LogP contribution is 2.29. The van der Waals surface area contributed by atoms with Gasteiger partial charge >= 0.3 is 11.9 Å². The average Bonchev–Trinajstić information content (AvgIpc) is 2.95. The van der Waals surface area contributed by atoms with Crippen LogP contribution in [0.2, 0.25) is 0 Å². The molecule has 1 amide bonds. The number of nitrogens with zero attached hydrogens (tertiary/aromatic N) is 3. The second-order valence-electron chi connectivity index (χ2n) is 9.88. The predicted molar refractivity (Wildman–Crippen MR) is 148 cm³/mol. The molecule has 0 saturated carbocycles. The van der Waals surface area contributed by atoms with Gasteiger partial charge in [0, 0.05) is 44.3 Å². The number of aryl methyl sites for hydroxylation is 1. The Hall–Kier alpha value is -3.79. The molecule has 2 saturated heterocycles. The van der Waals surface area contributed by atoms with Crippen LogP contribution in [-0.2, 0) is 20.9 Å². The van der Waals surface area contributed by atoms with Crippen LogP contribution in [0.3, 0.4) is 0 Å². The second-order valence-corrected chi connectivity index (χ2v) is 9.88. The van der Waals surface area contributed by atoms with Gasteiger partial charge in [0.1, 0.15) is 0 Å². The Morgan fingerprint density at radius 3 is 2.03 bits per heavy atom. The van der Waals surface area contributed by atoms with Crippen LogP contribution in [0.1, 0.15) is 29.5 Å². The maximum Gasteiger partial charge on any atom is 0.414 e. The Labute approximate surface area is 229 Å². The average molecular weight is 542 g/mol. The number of piperazine rings is 1. The number of benzene rings is 2. The first-order chi connectivity index (χ1) is 18.6. The Bertz CT molecular complexity index is 1140. The number of likely N-dealkylation sites (tertiary alicyclic amines) is 1. The molecule has 0 bridgehead atoms. The van der Waals surface area contributed by atoms with Crippen molar-refractivity contribution in [2.75, 3.05) is 58.4 Å². The van der Waals surface area contributed by atoms with E-state index >= 15 is 0 Å². The smallest absolute Gasteiger partial charge is 0.414 e. The van der Waals surface area contributed by atoms with E-state index in [4.69, 9.17) is 29.3 Å². The monoisotopic (exact) mass is 541 g/mol. The maximum absolute atomic E-state index is 13.2. The molecule has 2 aromatic rings. The van der Waals surface area contributed by atoms with Gasteiger partial charge in [0.25, 0.3) is 0 Å². The third kappa shape index (κ3) is 7.86. The number of carbonyl (C=O) groups excluding carboxylic acids is 1. The fraction of sp³-hybridized carbons (Fsp3) is 0.483. The number of anilines is 1. The van der Waals surface area contributed by atoms with Crippen molar-refractivity contribution < 1.29 is 34.1 Å². The molecule has 2 fully saturated rings. The van der Waals surface area contributed by atoms with Crippen molar-refractivity contribution in [3.05, 3.63) is 53.1 Å². The first-order valence-corrected chi connectivity index (χ1v) is 13.1. The van der Waals surface area contributed by atoms with Crippen molar-refractivity contribution in [1.82, 2.24) is 9.80 Å². The van der Waals surface area contributed by atoms with Gasteiger partial charge in [-0.2, -0.15) is 0 Å². The molecule has 2 heterocycles. The van der Waals surface area contributed by atoms with Gasteiger partial charge in [-0.15, -0.1) is 0 Å². The summed E-state index contributed by atoms with van der Waals surface area (Å²) in [6.45, 7) is 10.6. The van der Waals surface area contributed by atoms with Gasteiger partial charge in [0.05, 0.1) is 14.2 Å². The van der Waals surface area contributed by atoms with Gasteiger partial charge in [0.15, 0.2) is 11.5 Å². The Kier molecular flexibility index (Phi) is 10.6. The molecule has 212 valence electrons. The van der Waals surface area contributed by atoms with Crippen LogP contribution in [0.25, 0.3) is 0 Å². The molecule has 0 spiro atoms. The summed E-state index contributed by atoms with van der Waals surface area (Å²) in [5, 5.41) is 14.8. The maximum atomic E-state index is 13.2. The Morgan fingerprint density at radius 1 is 0.846 bits per heavy atom. The number of hydrogen-bond acceptors (Lipinski definition) is 7. The molecule has 39 heavy (non-hydrogen) atoms. The number of aliphatic carboxylic acids is 2. The largest absolute Gasteiger partial charge is 0.493 e. The number of amides is 1. The third-order valence-corrected chi connectivity index (χ3v) is 7.48. The van der Waals surface area contributed by atoms with Crippen LogP contribution in [-0.4, -0.2) is 91.3 Å². The van der Waals surface area contributed by atoms with E-state index in [1.165, 1.54) is 22.4 Å². The summed E-state index contributed by atoms with van der Waals surface area (Å²) in [4.78, 5) is 38.3. The number of carboxylic acids is 2. The van der Waals surface area contributed by atoms with Crippen LogP contribution in [0.4, 0.5) is 5.69 Å². The first-order valence-electron chi connectivity index (χ1n) is 13.1. The summed E-state index contributed by atoms with van der Waals surface area (Å²) < 4.78 is 10.8. The predicted octanol–water partition coefficient (Wildman–Crippen LogP) is 3.04. The number of piperidine rings is 1. The van der Waals surface area contributed by atoms with Crippen LogP contribution in [0.5, 0.6) is 11.5 Å². The van der Waals surface area contributed by atoms with Gasteiger partial charge in [-0.3, -0.25) is 9.69 Å². The van der Waals surface area contributed by atoms with E-state index in [-0.39, 0.29) is 5.92 Å². The summed E-state index contributed by atoms with van der Waals surface area (Å²) in [5.74, 6) is -1.63. The van der Waals surface area contributed by atoms with E-state index in [9.17, 15) is 4.79 Å². The zero-order valence-corrected chi connectivity index (χ0v) is 23.2. The molecule has 0 unspecified atom stereocenters. The number of carbonyl (C=O) groups is 3.